The van der Waals surface area contributed by atoms with E-state index in [0.717, 1.165) is 29.8 Å². The van der Waals surface area contributed by atoms with Gasteiger partial charge in [-0.3, -0.25) is 9.48 Å². The number of carbonyl (C=O) groups excluding carboxylic acids is 2. The summed E-state index contributed by atoms with van der Waals surface area (Å²) < 4.78 is 6.93. The van der Waals surface area contributed by atoms with Crippen LogP contribution < -0.4 is 10.6 Å². The average Bonchev–Trinajstić information content (AvgIpc) is 2.95. The number of guanidine groups is 1. The fourth-order valence-corrected chi connectivity index (χ4v) is 3.29. The van der Waals surface area contributed by atoms with E-state index in [-0.39, 0.29) is 24.6 Å². The van der Waals surface area contributed by atoms with Crippen LogP contribution in [0, 0.1) is 13.8 Å². The molecule has 0 aliphatic carbocycles. The Kier molecular flexibility index (Phi) is 8.49. The monoisotopic (exact) mass is 421 g/mol. The maximum atomic E-state index is 12.0. The molecule has 1 aliphatic rings. The number of likely N-dealkylation sites (N-methyl/N-ethyl adjacent to an activating group) is 1. The van der Waals surface area contributed by atoms with Gasteiger partial charge in [-0.15, -0.1) is 0 Å². The molecule has 1 aliphatic heterocycles. The highest BCUT2D eigenvalue weighted by molar-refractivity contribution is 5.86. The van der Waals surface area contributed by atoms with Gasteiger partial charge < -0.3 is 25.2 Å². The highest BCUT2D eigenvalue weighted by Crippen LogP contribution is 2.14. The molecule has 2 N–H and O–H groups in total. The number of likely N-dealkylation sites (tertiary alicyclic amines) is 1. The molecule has 0 radical (unpaired) electrons. The largest absolute Gasteiger partial charge is 0.450 e. The molecule has 0 saturated carbocycles. The van der Waals surface area contributed by atoms with Gasteiger partial charge in [0.25, 0.3) is 0 Å². The zero-order valence-corrected chi connectivity index (χ0v) is 19.0. The standard InChI is InChI=1S/C20H35N7O3/c1-7-30-20(29)27-10-8-16(9-11-27)23-19(22-13-18(28)25(4)5)21-12-17-14(2)24-26(6)15(17)3/h16H,7-13H2,1-6H3,(H2,21,22,23). The predicted molar refractivity (Wildman–Crippen MR) is 115 cm³/mol. The molecule has 0 unspecified atom stereocenters. The van der Waals surface area contributed by atoms with Crippen LogP contribution in [-0.4, -0.2) is 83.9 Å². The number of ether oxygens (including phenoxy) is 1. The van der Waals surface area contributed by atoms with Crippen molar-refractivity contribution in [3.63, 3.8) is 0 Å². The van der Waals surface area contributed by atoms with Crippen molar-refractivity contribution in [3.05, 3.63) is 17.0 Å². The number of amides is 2. The van der Waals surface area contributed by atoms with Crippen LogP contribution in [0.1, 0.15) is 36.7 Å². The molecule has 0 atom stereocenters. The summed E-state index contributed by atoms with van der Waals surface area (Å²) in [5, 5.41) is 11.0. The number of aliphatic imine (C=N–C) groups is 1. The van der Waals surface area contributed by atoms with Gasteiger partial charge in [0.2, 0.25) is 5.91 Å². The van der Waals surface area contributed by atoms with Gasteiger partial charge in [0.1, 0.15) is 0 Å². The summed E-state index contributed by atoms with van der Waals surface area (Å²) in [4.78, 5) is 31.9. The number of aryl methyl sites for hydroxylation is 2. The molecule has 0 bridgehead atoms. The van der Waals surface area contributed by atoms with Gasteiger partial charge in [0.05, 0.1) is 25.4 Å². The number of aromatic nitrogens is 2. The molecule has 2 amide bonds. The lowest BCUT2D eigenvalue weighted by Crippen LogP contribution is -2.51. The molecule has 1 saturated heterocycles. The van der Waals surface area contributed by atoms with Crippen LogP contribution in [0.4, 0.5) is 4.79 Å². The smallest absolute Gasteiger partial charge is 0.409 e. The Bertz CT molecular complexity index is 765. The quantitative estimate of drug-likeness (QED) is 0.520. The van der Waals surface area contributed by atoms with Crippen LogP contribution in [0.3, 0.4) is 0 Å². The molecule has 1 aromatic heterocycles. The highest BCUT2D eigenvalue weighted by Gasteiger charge is 2.24. The van der Waals surface area contributed by atoms with Gasteiger partial charge in [0.15, 0.2) is 5.96 Å². The Balaban J connectivity index is 2.03. The first-order valence-corrected chi connectivity index (χ1v) is 10.4. The lowest BCUT2D eigenvalue weighted by Gasteiger charge is -2.32. The van der Waals surface area contributed by atoms with Crippen LogP contribution >= 0.6 is 0 Å². The number of piperidine rings is 1. The molecule has 1 fully saturated rings. The van der Waals surface area contributed by atoms with Crippen molar-refractivity contribution in [2.24, 2.45) is 12.0 Å². The van der Waals surface area contributed by atoms with E-state index in [4.69, 9.17) is 9.73 Å². The number of nitrogens with zero attached hydrogens (tertiary/aromatic N) is 5. The minimum atomic E-state index is -0.262. The minimum absolute atomic E-state index is 0.0321. The summed E-state index contributed by atoms with van der Waals surface area (Å²) in [6.45, 7) is 8.06. The van der Waals surface area contributed by atoms with E-state index in [0.29, 0.717) is 32.2 Å². The number of nitrogens with one attached hydrogen (secondary N) is 2. The maximum Gasteiger partial charge on any atom is 0.409 e. The average molecular weight is 422 g/mol. The Morgan fingerprint density at radius 1 is 1.27 bits per heavy atom. The molecule has 0 spiro atoms. The SMILES string of the molecule is CCOC(=O)N1CCC(NC(=NCc2c(C)nn(C)c2C)NCC(=O)N(C)C)CC1. The van der Waals surface area contributed by atoms with Crippen LogP contribution in [0.5, 0.6) is 0 Å². The topological polar surface area (TPSA) is 104 Å². The van der Waals surface area contributed by atoms with Crippen LogP contribution in [0.25, 0.3) is 0 Å². The predicted octanol–water partition coefficient (Wildman–Crippen LogP) is 0.781. The number of rotatable bonds is 6. The zero-order valence-electron chi connectivity index (χ0n) is 19.0. The fourth-order valence-electron chi connectivity index (χ4n) is 3.29. The van der Waals surface area contributed by atoms with E-state index in [1.54, 1.807) is 25.9 Å². The van der Waals surface area contributed by atoms with E-state index < -0.39 is 0 Å². The van der Waals surface area contributed by atoms with Gasteiger partial charge in [-0.1, -0.05) is 0 Å². The van der Waals surface area contributed by atoms with E-state index in [1.807, 2.05) is 25.6 Å². The molecule has 30 heavy (non-hydrogen) atoms. The van der Waals surface area contributed by atoms with E-state index in [9.17, 15) is 9.59 Å². The Morgan fingerprint density at radius 2 is 1.93 bits per heavy atom. The third-order valence-electron chi connectivity index (χ3n) is 5.32. The van der Waals surface area contributed by atoms with Crippen LogP contribution in [0.15, 0.2) is 4.99 Å². The highest BCUT2D eigenvalue weighted by atomic mass is 16.6. The second kappa shape index (κ2) is 10.8. The summed E-state index contributed by atoms with van der Waals surface area (Å²) in [6, 6.07) is 0.160. The molecule has 10 heteroatoms. The Labute approximate surface area is 178 Å². The lowest BCUT2D eigenvalue weighted by atomic mass is 10.1. The van der Waals surface area contributed by atoms with Crippen molar-refractivity contribution in [2.45, 2.75) is 46.2 Å². The zero-order chi connectivity index (χ0) is 22.3. The van der Waals surface area contributed by atoms with Gasteiger partial charge in [-0.2, -0.15) is 5.10 Å². The summed E-state index contributed by atoms with van der Waals surface area (Å²) in [5.41, 5.74) is 3.10. The van der Waals surface area contributed by atoms with Gasteiger partial charge in [0, 0.05) is 51.5 Å². The first kappa shape index (κ1) is 23.5. The van der Waals surface area contributed by atoms with Crippen molar-refractivity contribution in [1.82, 2.24) is 30.2 Å². The molecule has 2 heterocycles. The van der Waals surface area contributed by atoms with E-state index in [1.165, 1.54) is 4.90 Å². The van der Waals surface area contributed by atoms with Crippen LogP contribution in [-0.2, 0) is 23.1 Å². The van der Waals surface area contributed by atoms with Crippen molar-refractivity contribution in [2.75, 3.05) is 40.3 Å². The first-order chi connectivity index (χ1) is 14.2. The minimum Gasteiger partial charge on any atom is -0.450 e. The number of carbonyl (C=O) groups is 2. The molecular formula is C20H35N7O3. The molecule has 10 nitrogen and oxygen atoms in total. The second-order valence-electron chi connectivity index (χ2n) is 7.68. The van der Waals surface area contributed by atoms with Crippen molar-refractivity contribution in [3.8, 4) is 0 Å². The molecule has 1 aromatic rings. The molecule has 168 valence electrons. The summed E-state index contributed by atoms with van der Waals surface area (Å²) in [6.07, 6.45) is 1.31. The molecular weight excluding hydrogens is 386 g/mol. The van der Waals surface area contributed by atoms with E-state index >= 15 is 0 Å². The third kappa shape index (κ3) is 6.36. The molecule has 2 rings (SSSR count). The van der Waals surface area contributed by atoms with Gasteiger partial charge >= 0.3 is 6.09 Å². The number of hydrogen-bond acceptors (Lipinski definition) is 5. The summed E-state index contributed by atoms with van der Waals surface area (Å²) in [5.74, 6) is 0.554. The first-order valence-electron chi connectivity index (χ1n) is 10.4. The molecule has 0 aromatic carbocycles. The van der Waals surface area contributed by atoms with Gasteiger partial charge in [-0.25, -0.2) is 9.79 Å². The summed E-state index contributed by atoms with van der Waals surface area (Å²) >= 11 is 0. The second-order valence-corrected chi connectivity index (χ2v) is 7.68. The van der Waals surface area contributed by atoms with Crippen molar-refractivity contribution in [1.29, 1.82) is 0 Å². The number of hydrogen-bond donors (Lipinski definition) is 2. The Morgan fingerprint density at radius 3 is 2.47 bits per heavy atom. The fraction of sp³-hybridized carbons (Fsp3) is 0.700. The van der Waals surface area contributed by atoms with Gasteiger partial charge in [-0.05, 0) is 33.6 Å². The maximum absolute atomic E-state index is 12.0. The third-order valence-corrected chi connectivity index (χ3v) is 5.32. The Hall–Kier alpha value is -2.78. The van der Waals surface area contributed by atoms with Crippen molar-refractivity contribution >= 4 is 18.0 Å². The lowest BCUT2D eigenvalue weighted by molar-refractivity contribution is -0.127. The summed E-state index contributed by atoms with van der Waals surface area (Å²) in [7, 11) is 5.36. The van der Waals surface area contributed by atoms with Crippen molar-refractivity contribution < 1.29 is 14.3 Å². The van der Waals surface area contributed by atoms with Crippen LogP contribution in [0.2, 0.25) is 0 Å². The normalized spacial score (nSPS) is 15.1. The van der Waals surface area contributed by atoms with E-state index in [2.05, 4.69) is 15.7 Å².